The van der Waals surface area contributed by atoms with E-state index < -0.39 is 0 Å². The Morgan fingerprint density at radius 2 is 2.21 bits per heavy atom. The molecule has 3 nitrogen and oxygen atoms in total. The molecule has 1 fully saturated rings. The monoisotopic (exact) mass is 262 g/mol. The fourth-order valence-corrected chi connectivity index (χ4v) is 3.11. The lowest BCUT2D eigenvalue weighted by molar-refractivity contribution is 0.274. The summed E-state index contributed by atoms with van der Waals surface area (Å²) < 4.78 is 5.23. The van der Waals surface area contributed by atoms with Crippen LogP contribution in [0, 0.1) is 11.8 Å². The molecule has 1 saturated carbocycles. The molecule has 106 valence electrons. The highest BCUT2D eigenvalue weighted by Gasteiger charge is 2.18. The van der Waals surface area contributed by atoms with Crippen molar-refractivity contribution in [1.82, 2.24) is 0 Å². The predicted molar refractivity (Wildman–Crippen MR) is 81.6 cm³/mol. The first-order valence-electron chi connectivity index (χ1n) is 7.37. The van der Waals surface area contributed by atoms with E-state index >= 15 is 0 Å². The van der Waals surface area contributed by atoms with Crippen molar-refractivity contribution in [3.63, 3.8) is 0 Å². The minimum Gasteiger partial charge on any atom is -0.495 e. The molecule has 2 atom stereocenters. The summed E-state index contributed by atoms with van der Waals surface area (Å²) in [7, 11) is 1.65. The summed E-state index contributed by atoms with van der Waals surface area (Å²) >= 11 is 0. The van der Waals surface area contributed by atoms with Crippen LogP contribution in [0.5, 0.6) is 5.75 Å². The van der Waals surface area contributed by atoms with Crippen LogP contribution in [0.3, 0.4) is 0 Å². The molecule has 2 unspecified atom stereocenters. The first-order chi connectivity index (χ1) is 9.20. The second-order valence-electron chi connectivity index (χ2n) is 5.77. The molecule has 1 aliphatic carbocycles. The van der Waals surface area contributed by atoms with Gasteiger partial charge in [0.2, 0.25) is 0 Å². The molecule has 0 amide bonds. The fourth-order valence-electron chi connectivity index (χ4n) is 3.11. The zero-order chi connectivity index (χ0) is 13.7. The Hall–Kier alpha value is -1.38. The topological polar surface area (TPSA) is 47.3 Å². The number of nitrogen functional groups attached to an aromatic ring is 1. The van der Waals surface area contributed by atoms with Crippen molar-refractivity contribution in [2.75, 3.05) is 24.7 Å². The summed E-state index contributed by atoms with van der Waals surface area (Å²) in [5, 5.41) is 3.44. The number of hydrogen-bond acceptors (Lipinski definition) is 3. The molecule has 0 aliphatic heterocycles. The smallest absolute Gasteiger partial charge is 0.143 e. The Labute approximate surface area is 116 Å². The summed E-state index contributed by atoms with van der Waals surface area (Å²) in [6, 6.07) is 5.88. The highest BCUT2D eigenvalue weighted by molar-refractivity contribution is 5.72. The number of nitrogens with two attached hydrogens (primary N) is 1. The predicted octanol–water partition coefficient (Wildman–Crippen LogP) is 3.91. The summed E-state index contributed by atoms with van der Waals surface area (Å²) in [6.45, 7) is 3.37. The molecule has 3 heteroatoms. The fraction of sp³-hybridized carbons (Fsp3) is 0.625. The van der Waals surface area contributed by atoms with E-state index in [-0.39, 0.29) is 0 Å². The average Bonchev–Trinajstić information content (AvgIpc) is 2.41. The number of benzene rings is 1. The van der Waals surface area contributed by atoms with Crippen molar-refractivity contribution in [3.8, 4) is 5.75 Å². The second-order valence-corrected chi connectivity index (χ2v) is 5.77. The lowest BCUT2D eigenvalue weighted by Crippen LogP contribution is -2.17. The molecule has 1 aromatic rings. The Morgan fingerprint density at radius 3 is 2.95 bits per heavy atom. The lowest BCUT2D eigenvalue weighted by Gasteiger charge is -2.26. The third-order valence-electron chi connectivity index (χ3n) is 4.20. The van der Waals surface area contributed by atoms with E-state index in [1.54, 1.807) is 7.11 Å². The maximum atomic E-state index is 6.05. The molecular weight excluding hydrogens is 236 g/mol. The maximum absolute atomic E-state index is 6.05. The van der Waals surface area contributed by atoms with Gasteiger partial charge in [-0.15, -0.1) is 0 Å². The maximum Gasteiger partial charge on any atom is 0.143 e. The largest absolute Gasteiger partial charge is 0.495 e. The molecule has 0 heterocycles. The lowest BCUT2D eigenvalue weighted by atomic mass is 9.81. The van der Waals surface area contributed by atoms with Gasteiger partial charge in [0.1, 0.15) is 5.75 Å². The number of anilines is 2. The standard InChI is InChI=1S/C16H26N2O/c1-12-5-3-6-13(11-12)9-10-18-14-7-4-8-15(19-2)16(14)17/h4,7-8,12-13,18H,3,5-6,9-11,17H2,1-2H3. The molecule has 0 saturated heterocycles. The Kier molecular flexibility index (Phi) is 4.94. The van der Waals surface area contributed by atoms with Crippen LogP contribution in [0.4, 0.5) is 11.4 Å². The van der Waals surface area contributed by atoms with E-state index in [0.717, 1.165) is 29.8 Å². The van der Waals surface area contributed by atoms with Gasteiger partial charge in [-0.05, 0) is 36.8 Å². The SMILES string of the molecule is COc1cccc(NCCC2CCCC(C)C2)c1N. The number of para-hydroxylation sites is 1. The Balaban J connectivity index is 1.82. The van der Waals surface area contributed by atoms with Gasteiger partial charge in [-0.25, -0.2) is 0 Å². The van der Waals surface area contributed by atoms with Crippen LogP contribution in [-0.2, 0) is 0 Å². The van der Waals surface area contributed by atoms with Crippen LogP contribution in [-0.4, -0.2) is 13.7 Å². The van der Waals surface area contributed by atoms with Crippen LogP contribution in [0.1, 0.15) is 39.0 Å². The Morgan fingerprint density at radius 1 is 1.37 bits per heavy atom. The van der Waals surface area contributed by atoms with Crippen LogP contribution in [0.15, 0.2) is 18.2 Å². The van der Waals surface area contributed by atoms with Crippen molar-refractivity contribution in [2.24, 2.45) is 11.8 Å². The minimum absolute atomic E-state index is 0.710. The van der Waals surface area contributed by atoms with E-state index in [9.17, 15) is 0 Å². The number of ether oxygens (including phenoxy) is 1. The average molecular weight is 262 g/mol. The van der Waals surface area contributed by atoms with Crippen molar-refractivity contribution in [3.05, 3.63) is 18.2 Å². The quantitative estimate of drug-likeness (QED) is 0.791. The molecule has 19 heavy (non-hydrogen) atoms. The molecule has 0 bridgehead atoms. The minimum atomic E-state index is 0.710. The summed E-state index contributed by atoms with van der Waals surface area (Å²) in [5.74, 6) is 2.53. The van der Waals surface area contributed by atoms with Crippen molar-refractivity contribution >= 4 is 11.4 Å². The highest BCUT2D eigenvalue weighted by atomic mass is 16.5. The Bertz CT molecular complexity index is 406. The van der Waals surface area contributed by atoms with Crippen LogP contribution < -0.4 is 15.8 Å². The number of methoxy groups -OCH3 is 1. The second kappa shape index (κ2) is 6.69. The van der Waals surface area contributed by atoms with Gasteiger partial charge in [-0.2, -0.15) is 0 Å². The third kappa shape index (κ3) is 3.79. The summed E-state index contributed by atoms with van der Waals surface area (Å²) in [6.07, 6.45) is 6.82. The molecule has 3 N–H and O–H groups in total. The van der Waals surface area contributed by atoms with Crippen LogP contribution in [0.2, 0.25) is 0 Å². The molecule has 2 rings (SSSR count). The van der Waals surface area contributed by atoms with Crippen LogP contribution >= 0.6 is 0 Å². The van der Waals surface area contributed by atoms with Gasteiger partial charge < -0.3 is 15.8 Å². The third-order valence-corrected chi connectivity index (χ3v) is 4.20. The van der Waals surface area contributed by atoms with Gasteiger partial charge in [0.05, 0.1) is 18.5 Å². The summed E-state index contributed by atoms with van der Waals surface area (Å²) in [4.78, 5) is 0. The van der Waals surface area contributed by atoms with Gasteiger partial charge in [-0.3, -0.25) is 0 Å². The van der Waals surface area contributed by atoms with E-state index in [4.69, 9.17) is 10.5 Å². The van der Waals surface area contributed by atoms with E-state index in [1.807, 2.05) is 18.2 Å². The molecule has 1 aliphatic rings. The van der Waals surface area contributed by atoms with E-state index in [2.05, 4.69) is 12.2 Å². The first-order valence-corrected chi connectivity index (χ1v) is 7.37. The van der Waals surface area contributed by atoms with Crippen molar-refractivity contribution in [2.45, 2.75) is 39.0 Å². The van der Waals surface area contributed by atoms with Gasteiger partial charge >= 0.3 is 0 Å². The first kappa shape index (κ1) is 14.0. The molecule has 1 aromatic carbocycles. The van der Waals surface area contributed by atoms with Crippen molar-refractivity contribution in [1.29, 1.82) is 0 Å². The van der Waals surface area contributed by atoms with Gasteiger partial charge in [-0.1, -0.05) is 32.3 Å². The van der Waals surface area contributed by atoms with E-state index in [0.29, 0.717) is 5.69 Å². The zero-order valence-electron chi connectivity index (χ0n) is 12.1. The van der Waals surface area contributed by atoms with Crippen molar-refractivity contribution < 1.29 is 4.74 Å². The number of rotatable bonds is 5. The zero-order valence-corrected chi connectivity index (χ0v) is 12.1. The molecular formula is C16H26N2O. The van der Waals surface area contributed by atoms with Gasteiger partial charge in [0, 0.05) is 6.54 Å². The molecule has 0 aromatic heterocycles. The molecule has 0 radical (unpaired) electrons. The van der Waals surface area contributed by atoms with Gasteiger partial charge in [0.15, 0.2) is 0 Å². The number of nitrogens with one attached hydrogen (secondary N) is 1. The normalized spacial score (nSPS) is 23.1. The van der Waals surface area contributed by atoms with E-state index in [1.165, 1.54) is 32.1 Å². The van der Waals surface area contributed by atoms with Crippen LogP contribution in [0.25, 0.3) is 0 Å². The molecule has 0 spiro atoms. The van der Waals surface area contributed by atoms with Gasteiger partial charge in [0.25, 0.3) is 0 Å². The number of hydrogen-bond donors (Lipinski definition) is 2. The summed E-state index contributed by atoms with van der Waals surface area (Å²) in [5.41, 5.74) is 7.75. The highest BCUT2D eigenvalue weighted by Crippen LogP contribution is 2.32.